The maximum absolute atomic E-state index is 12.1. The Labute approximate surface area is 147 Å². The summed E-state index contributed by atoms with van der Waals surface area (Å²) in [5.41, 5.74) is 0.837. The minimum absolute atomic E-state index is 0.0631. The number of hydrogen-bond acceptors (Lipinski definition) is 5. The van der Waals surface area contributed by atoms with E-state index in [1.807, 2.05) is 31.2 Å². The van der Waals surface area contributed by atoms with Crippen molar-refractivity contribution in [2.45, 2.75) is 52.0 Å². The Morgan fingerprint density at radius 3 is 2.76 bits per heavy atom. The second-order valence-electron chi connectivity index (χ2n) is 6.40. The van der Waals surface area contributed by atoms with Crippen molar-refractivity contribution in [3.8, 4) is 11.4 Å². The predicted octanol–water partition coefficient (Wildman–Crippen LogP) is 2.65. The number of amides is 1. The van der Waals surface area contributed by atoms with E-state index in [9.17, 15) is 4.79 Å². The van der Waals surface area contributed by atoms with E-state index in [1.54, 1.807) is 4.68 Å². The Morgan fingerprint density at radius 2 is 2.04 bits per heavy atom. The van der Waals surface area contributed by atoms with Crippen molar-refractivity contribution in [1.82, 2.24) is 25.5 Å². The van der Waals surface area contributed by atoms with Crippen LogP contribution in [0.25, 0.3) is 5.69 Å². The lowest BCUT2D eigenvalue weighted by Crippen LogP contribution is -2.25. The van der Waals surface area contributed by atoms with Crippen LogP contribution in [0.15, 0.2) is 24.3 Å². The minimum Gasteiger partial charge on any atom is -0.494 e. The molecule has 1 aliphatic rings. The molecule has 3 rings (SSSR count). The molecule has 1 N–H and O–H groups in total. The summed E-state index contributed by atoms with van der Waals surface area (Å²) in [5, 5.41) is 14.7. The van der Waals surface area contributed by atoms with Gasteiger partial charge in [-0.15, -0.1) is 5.10 Å². The van der Waals surface area contributed by atoms with E-state index in [-0.39, 0.29) is 5.91 Å². The maximum atomic E-state index is 12.1. The van der Waals surface area contributed by atoms with Gasteiger partial charge < -0.3 is 10.1 Å². The highest BCUT2D eigenvalue weighted by Gasteiger charge is 2.16. The van der Waals surface area contributed by atoms with Gasteiger partial charge in [0.05, 0.1) is 18.8 Å². The van der Waals surface area contributed by atoms with Crippen LogP contribution in [-0.4, -0.2) is 32.7 Å². The molecule has 1 amide bonds. The zero-order chi connectivity index (χ0) is 17.5. The van der Waals surface area contributed by atoms with Crippen LogP contribution in [-0.2, 0) is 11.3 Å². The van der Waals surface area contributed by atoms with E-state index in [0.717, 1.165) is 23.8 Å². The van der Waals surface area contributed by atoms with Crippen molar-refractivity contribution >= 4 is 5.91 Å². The average Bonchev–Trinajstić information content (AvgIpc) is 3.31. The van der Waals surface area contributed by atoms with Gasteiger partial charge in [0.2, 0.25) is 5.91 Å². The third-order valence-corrected chi connectivity index (χ3v) is 4.62. The molecule has 1 fully saturated rings. The summed E-state index contributed by atoms with van der Waals surface area (Å²) in [7, 11) is 0. The molecule has 1 aromatic carbocycles. The number of benzene rings is 1. The number of nitrogens with one attached hydrogen (secondary N) is 1. The molecule has 1 aromatic heterocycles. The van der Waals surface area contributed by atoms with Gasteiger partial charge in [-0.05, 0) is 54.0 Å². The molecular formula is C18H25N5O2. The van der Waals surface area contributed by atoms with Crippen LogP contribution >= 0.6 is 0 Å². The monoisotopic (exact) mass is 343 g/mol. The maximum Gasteiger partial charge on any atom is 0.220 e. The molecule has 0 radical (unpaired) electrons. The van der Waals surface area contributed by atoms with Gasteiger partial charge >= 0.3 is 0 Å². The lowest BCUT2D eigenvalue weighted by atomic mass is 10.0. The molecule has 0 unspecified atom stereocenters. The second-order valence-corrected chi connectivity index (χ2v) is 6.40. The zero-order valence-electron chi connectivity index (χ0n) is 14.6. The molecule has 0 saturated heterocycles. The van der Waals surface area contributed by atoms with Gasteiger partial charge in [0.25, 0.3) is 0 Å². The number of aromatic nitrogens is 4. The topological polar surface area (TPSA) is 81.9 Å². The molecule has 1 heterocycles. The summed E-state index contributed by atoms with van der Waals surface area (Å²) in [6.07, 6.45) is 6.71. The lowest BCUT2D eigenvalue weighted by molar-refractivity contribution is -0.121. The molecule has 134 valence electrons. The summed E-state index contributed by atoms with van der Waals surface area (Å²) in [6.45, 7) is 2.90. The van der Waals surface area contributed by atoms with E-state index in [1.165, 1.54) is 25.7 Å². The van der Waals surface area contributed by atoms with Gasteiger partial charge in [-0.25, -0.2) is 0 Å². The molecular weight excluding hydrogens is 318 g/mol. The van der Waals surface area contributed by atoms with E-state index in [0.29, 0.717) is 25.4 Å². The van der Waals surface area contributed by atoms with Gasteiger partial charge in [-0.3, -0.25) is 4.79 Å². The Balaban J connectivity index is 1.53. The normalized spacial score (nSPS) is 14.6. The third-order valence-electron chi connectivity index (χ3n) is 4.62. The number of rotatable bonds is 8. The van der Waals surface area contributed by atoms with Crippen molar-refractivity contribution in [3.63, 3.8) is 0 Å². The van der Waals surface area contributed by atoms with Crippen LogP contribution in [0.4, 0.5) is 0 Å². The van der Waals surface area contributed by atoms with Crippen LogP contribution < -0.4 is 10.1 Å². The van der Waals surface area contributed by atoms with Crippen molar-refractivity contribution < 1.29 is 9.53 Å². The summed E-state index contributed by atoms with van der Waals surface area (Å²) in [6, 6.07) is 7.55. The van der Waals surface area contributed by atoms with Crippen molar-refractivity contribution in [3.05, 3.63) is 30.1 Å². The molecule has 0 bridgehead atoms. The molecule has 0 spiro atoms. The fourth-order valence-corrected chi connectivity index (χ4v) is 3.27. The molecule has 1 saturated carbocycles. The van der Waals surface area contributed by atoms with Gasteiger partial charge in [-0.1, -0.05) is 25.7 Å². The standard InChI is InChI=1S/C18H25N5O2/c1-2-25-16-10-8-15(9-11-16)23-17(20-21-22-23)13-19-18(24)12-7-14-5-3-4-6-14/h8-11,14H,2-7,12-13H2,1H3,(H,19,24). The number of ether oxygens (including phenoxy) is 1. The van der Waals surface area contributed by atoms with Gasteiger partial charge in [0, 0.05) is 6.42 Å². The quantitative estimate of drug-likeness (QED) is 0.797. The molecule has 1 aliphatic carbocycles. The average molecular weight is 343 g/mol. The van der Waals surface area contributed by atoms with Crippen molar-refractivity contribution in [2.75, 3.05) is 6.61 Å². The van der Waals surface area contributed by atoms with Gasteiger partial charge in [0.15, 0.2) is 5.82 Å². The Hall–Kier alpha value is -2.44. The largest absolute Gasteiger partial charge is 0.494 e. The fourth-order valence-electron chi connectivity index (χ4n) is 3.27. The minimum atomic E-state index is 0.0631. The predicted molar refractivity (Wildman–Crippen MR) is 93.4 cm³/mol. The van der Waals surface area contributed by atoms with E-state index >= 15 is 0 Å². The summed E-state index contributed by atoms with van der Waals surface area (Å²) >= 11 is 0. The van der Waals surface area contributed by atoms with Crippen molar-refractivity contribution in [1.29, 1.82) is 0 Å². The number of carbonyl (C=O) groups is 1. The van der Waals surface area contributed by atoms with E-state index in [2.05, 4.69) is 20.8 Å². The summed E-state index contributed by atoms with van der Waals surface area (Å²) in [4.78, 5) is 12.1. The molecule has 0 aliphatic heterocycles. The SMILES string of the molecule is CCOc1ccc(-n2nnnc2CNC(=O)CCC2CCCC2)cc1. The number of hydrogen-bond donors (Lipinski definition) is 1. The Kier molecular flexibility index (Phi) is 5.98. The van der Waals surface area contributed by atoms with E-state index in [4.69, 9.17) is 4.74 Å². The molecule has 25 heavy (non-hydrogen) atoms. The highest BCUT2D eigenvalue weighted by molar-refractivity contribution is 5.75. The zero-order valence-corrected chi connectivity index (χ0v) is 14.6. The highest BCUT2D eigenvalue weighted by Crippen LogP contribution is 2.28. The second kappa shape index (κ2) is 8.60. The van der Waals surface area contributed by atoms with Crippen LogP contribution in [0, 0.1) is 5.92 Å². The summed E-state index contributed by atoms with van der Waals surface area (Å²) in [5.74, 6) is 2.20. The molecule has 2 aromatic rings. The van der Waals surface area contributed by atoms with E-state index < -0.39 is 0 Å². The molecule has 0 atom stereocenters. The first kappa shape index (κ1) is 17.4. The smallest absolute Gasteiger partial charge is 0.220 e. The van der Waals surface area contributed by atoms with Crippen molar-refractivity contribution in [2.24, 2.45) is 5.92 Å². The number of tetrazole rings is 1. The first-order valence-electron chi connectivity index (χ1n) is 9.03. The third kappa shape index (κ3) is 4.78. The first-order chi connectivity index (χ1) is 12.3. The molecule has 7 heteroatoms. The van der Waals surface area contributed by atoms with Gasteiger partial charge in [0.1, 0.15) is 5.75 Å². The van der Waals surface area contributed by atoms with Crippen LogP contribution in [0.5, 0.6) is 5.75 Å². The molecule has 7 nitrogen and oxygen atoms in total. The van der Waals surface area contributed by atoms with Crippen LogP contribution in [0.3, 0.4) is 0 Å². The van der Waals surface area contributed by atoms with Gasteiger partial charge in [-0.2, -0.15) is 4.68 Å². The summed E-state index contributed by atoms with van der Waals surface area (Å²) < 4.78 is 7.07. The van der Waals surface area contributed by atoms with Crippen LogP contribution in [0.1, 0.15) is 51.3 Å². The Morgan fingerprint density at radius 1 is 1.28 bits per heavy atom. The Bertz CT molecular complexity index is 677. The fraction of sp³-hybridized carbons (Fsp3) is 0.556. The highest BCUT2D eigenvalue weighted by atomic mass is 16.5. The number of nitrogens with zero attached hydrogens (tertiary/aromatic N) is 4. The van der Waals surface area contributed by atoms with Crippen LogP contribution in [0.2, 0.25) is 0 Å². The lowest BCUT2D eigenvalue weighted by Gasteiger charge is -2.09. The number of carbonyl (C=O) groups excluding carboxylic acids is 1. The first-order valence-corrected chi connectivity index (χ1v) is 9.03.